The van der Waals surface area contributed by atoms with Crippen LogP contribution in [0.1, 0.15) is 11.1 Å². The lowest BCUT2D eigenvalue weighted by molar-refractivity contribution is -0.122. The van der Waals surface area contributed by atoms with Crippen LogP contribution in [-0.4, -0.2) is 16.9 Å². The summed E-state index contributed by atoms with van der Waals surface area (Å²) in [7, 11) is 0. The Morgan fingerprint density at radius 3 is 2.40 bits per heavy atom. The van der Waals surface area contributed by atoms with Gasteiger partial charge in [-0.05, 0) is 73.7 Å². The van der Waals surface area contributed by atoms with Crippen molar-refractivity contribution in [2.24, 2.45) is 0 Å². The van der Waals surface area contributed by atoms with Crippen LogP contribution in [0.5, 0.6) is 11.5 Å². The number of nitrogens with zero attached hydrogens (tertiary/aromatic N) is 1. The van der Waals surface area contributed by atoms with Crippen molar-refractivity contribution in [3.05, 3.63) is 106 Å². The molecule has 1 aliphatic heterocycles. The number of rotatable bonds is 4. The lowest BCUT2D eigenvalue weighted by atomic mass is 10.1. The molecule has 5 rings (SSSR count). The van der Waals surface area contributed by atoms with E-state index in [4.69, 9.17) is 21.4 Å². The van der Waals surface area contributed by atoms with Crippen molar-refractivity contribution in [1.29, 1.82) is 0 Å². The second-order valence-electron chi connectivity index (χ2n) is 7.89. The first kappa shape index (κ1) is 22.2. The number of para-hydroxylation sites is 1. The summed E-state index contributed by atoms with van der Waals surface area (Å²) in [5.41, 5.74) is 1.25. The lowest BCUT2D eigenvalue weighted by Gasteiger charge is -2.29. The first-order valence-electron chi connectivity index (χ1n) is 10.7. The molecule has 1 N–H and O–H groups in total. The molecule has 3 aromatic carbocycles. The number of aryl methyl sites for hydroxylation is 1. The van der Waals surface area contributed by atoms with E-state index in [9.17, 15) is 14.4 Å². The monoisotopic (exact) mass is 482 g/mol. The van der Waals surface area contributed by atoms with Gasteiger partial charge in [0.15, 0.2) is 10.5 Å². The molecule has 1 saturated heterocycles. The van der Waals surface area contributed by atoms with Crippen LogP contribution in [0.3, 0.4) is 0 Å². The summed E-state index contributed by atoms with van der Waals surface area (Å²) >= 11 is 5.26. The van der Waals surface area contributed by atoms with E-state index in [-0.39, 0.29) is 21.7 Å². The minimum Gasteiger partial charge on any atom is -0.463 e. The smallest absolute Gasteiger partial charge is 0.270 e. The molecular formula is C27H18N2O5S. The van der Waals surface area contributed by atoms with Gasteiger partial charge in [0.25, 0.3) is 11.8 Å². The Balaban J connectivity index is 1.47. The van der Waals surface area contributed by atoms with Crippen LogP contribution in [0.25, 0.3) is 17.0 Å². The number of thiocarbonyl (C=S) groups is 1. The number of hydrogen-bond donors (Lipinski definition) is 1. The highest BCUT2D eigenvalue weighted by Crippen LogP contribution is 2.27. The zero-order chi connectivity index (χ0) is 24.5. The number of anilines is 1. The van der Waals surface area contributed by atoms with Gasteiger partial charge in [-0.15, -0.1) is 0 Å². The molecule has 1 aromatic heterocycles. The highest BCUT2D eigenvalue weighted by atomic mass is 32.1. The van der Waals surface area contributed by atoms with Crippen molar-refractivity contribution >= 4 is 51.9 Å². The molecule has 0 unspecified atom stereocenters. The number of fused-ring (bicyclic) bond motifs is 1. The molecule has 0 radical (unpaired) electrons. The molecule has 1 fully saturated rings. The molecule has 2 amide bonds. The summed E-state index contributed by atoms with van der Waals surface area (Å²) < 4.78 is 11.3. The van der Waals surface area contributed by atoms with Crippen molar-refractivity contribution in [1.82, 2.24) is 5.32 Å². The second kappa shape index (κ2) is 9.00. The highest BCUT2D eigenvalue weighted by Gasteiger charge is 2.34. The molecule has 4 aromatic rings. The van der Waals surface area contributed by atoms with E-state index >= 15 is 0 Å². The molecule has 7 nitrogen and oxygen atoms in total. The number of carbonyl (C=O) groups excluding carboxylic acids is 2. The largest absolute Gasteiger partial charge is 0.463 e. The third-order valence-electron chi connectivity index (χ3n) is 5.43. The second-order valence-corrected chi connectivity index (χ2v) is 8.27. The predicted octanol–water partition coefficient (Wildman–Crippen LogP) is 4.73. The zero-order valence-electron chi connectivity index (χ0n) is 18.5. The van der Waals surface area contributed by atoms with E-state index in [2.05, 4.69) is 5.32 Å². The van der Waals surface area contributed by atoms with Crippen molar-refractivity contribution in [3.63, 3.8) is 0 Å². The minimum atomic E-state index is -0.691. The molecule has 0 aliphatic carbocycles. The first-order valence-corrected chi connectivity index (χ1v) is 11.1. The summed E-state index contributed by atoms with van der Waals surface area (Å²) in [6, 6.07) is 21.2. The van der Waals surface area contributed by atoms with Gasteiger partial charge in [-0.1, -0.05) is 29.8 Å². The summed E-state index contributed by atoms with van der Waals surface area (Å²) in [5.74, 6) is -0.103. The van der Waals surface area contributed by atoms with E-state index in [0.717, 1.165) is 5.56 Å². The number of hydrogen-bond acceptors (Lipinski definition) is 6. The summed E-state index contributed by atoms with van der Waals surface area (Å²) in [5, 5.41) is 2.82. The average molecular weight is 483 g/mol. The van der Waals surface area contributed by atoms with Crippen molar-refractivity contribution in [2.45, 2.75) is 6.92 Å². The standard InChI is InChI=1S/C27H18N2O5S/c1-16-7-12-23-21(13-16)24(30)17(15-33-23)14-22-25(31)28-27(35)29(26(22)32)18-8-10-20(11-9-18)34-19-5-3-2-4-6-19/h2-15H,1H3,(H,28,31,35). The number of amides is 2. The van der Waals surface area contributed by atoms with Crippen LogP contribution in [0.15, 0.2) is 93.8 Å². The lowest BCUT2D eigenvalue weighted by Crippen LogP contribution is -2.54. The maximum absolute atomic E-state index is 13.3. The third-order valence-corrected chi connectivity index (χ3v) is 5.71. The number of ether oxygens (including phenoxy) is 1. The molecule has 2 heterocycles. The molecule has 0 atom stereocenters. The van der Waals surface area contributed by atoms with Crippen molar-refractivity contribution in [3.8, 4) is 11.5 Å². The SMILES string of the molecule is Cc1ccc2occ(C=C3C(=O)NC(=S)N(c4ccc(Oc5ccccc5)cc4)C3=O)c(=O)c2c1. The minimum absolute atomic E-state index is 0.0601. The average Bonchev–Trinajstić information content (AvgIpc) is 2.85. The van der Waals surface area contributed by atoms with Gasteiger partial charge in [0.05, 0.1) is 16.6 Å². The van der Waals surface area contributed by atoms with Crippen LogP contribution in [-0.2, 0) is 9.59 Å². The van der Waals surface area contributed by atoms with Gasteiger partial charge in [-0.25, -0.2) is 0 Å². The Morgan fingerprint density at radius 1 is 0.943 bits per heavy atom. The fourth-order valence-electron chi connectivity index (χ4n) is 3.69. The third kappa shape index (κ3) is 4.34. The fraction of sp³-hybridized carbons (Fsp3) is 0.0370. The summed E-state index contributed by atoms with van der Waals surface area (Å²) in [4.78, 5) is 40.1. The quantitative estimate of drug-likeness (QED) is 0.257. The Bertz CT molecular complexity index is 1570. The fourth-order valence-corrected chi connectivity index (χ4v) is 3.98. The number of benzene rings is 3. The van der Waals surface area contributed by atoms with Gasteiger partial charge < -0.3 is 9.15 Å². The van der Waals surface area contributed by atoms with Crippen LogP contribution in [0.2, 0.25) is 0 Å². The van der Waals surface area contributed by atoms with Crippen LogP contribution >= 0.6 is 12.2 Å². The van der Waals surface area contributed by atoms with E-state index in [0.29, 0.717) is 28.2 Å². The molecule has 1 aliphatic rings. The van der Waals surface area contributed by atoms with Gasteiger partial charge in [-0.3, -0.25) is 24.6 Å². The van der Waals surface area contributed by atoms with Crippen LogP contribution in [0, 0.1) is 6.92 Å². The van der Waals surface area contributed by atoms with Crippen molar-refractivity contribution < 1.29 is 18.7 Å². The normalized spacial score (nSPS) is 14.9. The maximum atomic E-state index is 13.3. The van der Waals surface area contributed by atoms with E-state index in [1.165, 1.54) is 17.2 Å². The molecule has 0 saturated carbocycles. The first-order chi connectivity index (χ1) is 16.9. The Labute approximate surface area is 205 Å². The van der Waals surface area contributed by atoms with Gasteiger partial charge in [0.1, 0.15) is 28.9 Å². The van der Waals surface area contributed by atoms with E-state index in [1.807, 2.05) is 43.3 Å². The molecule has 0 spiro atoms. The van der Waals surface area contributed by atoms with E-state index in [1.54, 1.807) is 36.4 Å². The summed E-state index contributed by atoms with van der Waals surface area (Å²) in [6.45, 7) is 1.86. The topological polar surface area (TPSA) is 88.8 Å². The Kier molecular flexibility index (Phi) is 5.72. The zero-order valence-corrected chi connectivity index (χ0v) is 19.3. The number of carbonyl (C=O) groups is 2. The van der Waals surface area contributed by atoms with Crippen LogP contribution < -0.4 is 20.4 Å². The van der Waals surface area contributed by atoms with Gasteiger partial charge in [0.2, 0.25) is 0 Å². The van der Waals surface area contributed by atoms with Gasteiger partial charge in [-0.2, -0.15) is 0 Å². The Hall–Kier alpha value is -4.56. The summed E-state index contributed by atoms with van der Waals surface area (Å²) in [6.07, 6.45) is 2.47. The molecular weight excluding hydrogens is 464 g/mol. The van der Waals surface area contributed by atoms with Gasteiger partial charge >= 0.3 is 0 Å². The predicted molar refractivity (Wildman–Crippen MR) is 136 cm³/mol. The van der Waals surface area contributed by atoms with Crippen molar-refractivity contribution in [2.75, 3.05) is 4.90 Å². The molecule has 172 valence electrons. The number of nitrogens with one attached hydrogen (secondary N) is 1. The molecule has 8 heteroatoms. The molecule has 0 bridgehead atoms. The van der Waals surface area contributed by atoms with Crippen LogP contribution in [0.4, 0.5) is 5.69 Å². The van der Waals surface area contributed by atoms with Gasteiger partial charge in [0, 0.05) is 0 Å². The maximum Gasteiger partial charge on any atom is 0.270 e. The van der Waals surface area contributed by atoms with E-state index < -0.39 is 11.8 Å². The highest BCUT2D eigenvalue weighted by molar-refractivity contribution is 7.80. The molecule has 35 heavy (non-hydrogen) atoms. The Morgan fingerprint density at radius 2 is 1.66 bits per heavy atom.